The van der Waals surface area contributed by atoms with Crippen LogP contribution < -0.4 is 24.2 Å². The van der Waals surface area contributed by atoms with Gasteiger partial charge in [-0.2, -0.15) is 25.4 Å². The minimum absolute atomic E-state index is 0. The number of hydrogen-bond donors (Lipinski definition) is 1. The van der Waals surface area contributed by atoms with Crippen LogP contribution in [0, 0.1) is 36.1 Å². The second kappa shape index (κ2) is 15.8. The second-order valence-corrected chi connectivity index (χ2v) is 10.5. The Balaban J connectivity index is 0.00000456. The van der Waals surface area contributed by atoms with Crippen LogP contribution in [0.4, 0.5) is 13.2 Å². The predicted molar refractivity (Wildman–Crippen MR) is 138 cm³/mol. The normalized spacial score (nSPS) is 26.2. The Morgan fingerprint density at radius 2 is 1.86 bits per heavy atom. The number of halogens is 4. The van der Waals surface area contributed by atoms with E-state index in [-0.39, 0.29) is 37.6 Å². The van der Waals surface area contributed by atoms with Crippen molar-refractivity contribution in [3.63, 3.8) is 0 Å². The standard InChI is InChI=1S/C27H33BrF3N4.Li/c28-25(16-32)19-35-26(12-14-34-18-22-4-2-13-33-17-22)23-5-1-3-20(6-9-23)15-21-7-10-24(11-8-21)27(29,30)31;/h2,4,12-13,16-17,20-21,23-24,34H,1,3,5-11,15,18H2;/q-3;+1. The van der Waals surface area contributed by atoms with Crippen molar-refractivity contribution in [2.24, 2.45) is 28.7 Å². The molecule has 3 rings (SSSR count). The van der Waals surface area contributed by atoms with Gasteiger partial charge in [0.05, 0.1) is 5.92 Å². The Labute approximate surface area is 233 Å². The predicted octanol–water partition coefficient (Wildman–Crippen LogP) is 4.57. The maximum atomic E-state index is 13.0. The molecule has 2 unspecified atom stereocenters. The Bertz CT molecular complexity index is 881. The summed E-state index contributed by atoms with van der Waals surface area (Å²) in [5.74, 6) is 0.119. The van der Waals surface area contributed by atoms with Crippen LogP contribution in [0.5, 0.6) is 0 Å². The zero-order valence-electron chi connectivity index (χ0n) is 20.9. The largest absolute Gasteiger partial charge is 1.00 e. The maximum absolute atomic E-state index is 13.0. The van der Waals surface area contributed by atoms with Crippen LogP contribution in [0.3, 0.4) is 0 Å². The molecule has 0 radical (unpaired) electrons. The van der Waals surface area contributed by atoms with E-state index in [4.69, 9.17) is 5.41 Å². The summed E-state index contributed by atoms with van der Waals surface area (Å²) in [6.45, 7) is 0.606. The molecule has 0 bridgehead atoms. The van der Waals surface area contributed by atoms with Gasteiger partial charge < -0.3 is 15.7 Å². The minimum Gasteiger partial charge on any atom is -0.877 e. The van der Waals surface area contributed by atoms with Crippen LogP contribution in [0.25, 0.3) is 5.41 Å². The fourth-order valence-corrected chi connectivity index (χ4v) is 5.36. The molecule has 1 aromatic rings. The molecule has 192 valence electrons. The number of allylic oxidation sites excluding steroid dienone is 2. The van der Waals surface area contributed by atoms with Gasteiger partial charge in [0, 0.05) is 18.9 Å². The molecule has 2 aliphatic carbocycles. The topological polar surface area (TPSA) is 59.6 Å². The van der Waals surface area contributed by atoms with E-state index in [1.807, 2.05) is 18.2 Å². The Morgan fingerprint density at radius 1 is 1.14 bits per heavy atom. The first-order valence-corrected chi connectivity index (χ1v) is 13.2. The van der Waals surface area contributed by atoms with E-state index in [1.54, 1.807) is 12.4 Å². The molecular formula is C27H33BrF3LiN4-2. The minimum atomic E-state index is -4.04. The van der Waals surface area contributed by atoms with E-state index in [1.165, 1.54) is 0 Å². The number of nitrogens with zero attached hydrogens (tertiary/aromatic N) is 3. The first kappa shape index (κ1) is 30.9. The zero-order valence-corrected chi connectivity index (χ0v) is 22.5. The van der Waals surface area contributed by atoms with Crippen LogP contribution in [-0.4, -0.2) is 23.1 Å². The van der Waals surface area contributed by atoms with Crippen molar-refractivity contribution < 1.29 is 32.0 Å². The van der Waals surface area contributed by atoms with Crippen LogP contribution in [0.15, 0.2) is 40.1 Å². The van der Waals surface area contributed by atoms with Gasteiger partial charge in [-0.25, -0.2) is 0 Å². The summed E-state index contributed by atoms with van der Waals surface area (Å²) in [5, 5.41) is 12.3. The first-order valence-electron chi connectivity index (χ1n) is 12.5. The molecule has 36 heavy (non-hydrogen) atoms. The van der Waals surface area contributed by atoms with Crippen molar-refractivity contribution in [2.45, 2.75) is 76.9 Å². The van der Waals surface area contributed by atoms with Gasteiger partial charge in [0.15, 0.2) is 0 Å². The van der Waals surface area contributed by atoms with Gasteiger partial charge in [-0.05, 0) is 55.6 Å². The van der Waals surface area contributed by atoms with E-state index < -0.39 is 12.1 Å². The van der Waals surface area contributed by atoms with Gasteiger partial charge in [0.25, 0.3) is 0 Å². The van der Waals surface area contributed by atoms with Gasteiger partial charge in [-0.1, -0.05) is 66.2 Å². The average molecular weight is 557 g/mol. The van der Waals surface area contributed by atoms with Gasteiger partial charge in [0.1, 0.15) is 0 Å². The number of hydrogen-bond acceptors (Lipinski definition) is 3. The summed E-state index contributed by atoms with van der Waals surface area (Å²) in [6, 6.07) is 3.88. The summed E-state index contributed by atoms with van der Waals surface area (Å²) in [6.07, 6.45) is 16.4. The molecule has 0 aromatic carbocycles. The van der Waals surface area contributed by atoms with Crippen LogP contribution in [0.2, 0.25) is 0 Å². The van der Waals surface area contributed by atoms with E-state index in [9.17, 15) is 13.2 Å². The first-order chi connectivity index (χ1) is 16.8. The Kier molecular flexibility index (Phi) is 13.5. The third-order valence-corrected chi connectivity index (χ3v) is 7.61. The molecule has 1 heterocycles. The molecule has 9 heteroatoms. The Hall–Kier alpha value is -1.36. The molecule has 2 atom stereocenters. The molecule has 4 nitrogen and oxygen atoms in total. The molecule has 1 N–H and O–H groups in total. The van der Waals surface area contributed by atoms with Crippen molar-refractivity contribution in [1.82, 2.24) is 10.3 Å². The van der Waals surface area contributed by atoms with E-state index in [2.05, 4.69) is 43.6 Å². The molecule has 0 aliphatic heterocycles. The number of aromatic nitrogens is 1. The molecule has 0 saturated heterocycles. The monoisotopic (exact) mass is 556 g/mol. The smallest absolute Gasteiger partial charge is 0.877 e. The molecular weight excluding hydrogens is 524 g/mol. The zero-order chi connectivity index (χ0) is 25.1. The van der Waals surface area contributed by atoms with Gasteiger partial charge in [0.2, 0.25) is 0 Å². The van der Waals surface area contributed by atoms with E-state index >= 15 is 0 Å². The summed E-state index contributed by atoms with van der Waals surface area (Å²) < 4.78 is 39.3. The summed E-state index contributed by atoms with van der Waals surface area (Å²) in [5.41, 5.74) is 1.91. The van der Waals surface area contributed by atoms with Crippen LogP contribution >= 0.6 is 15.9 Å². The molecule has 0 spiro atoms. The van der Waals surface area contributed by atoms with Gasteiger partial charge in [-0.15, -0.1) is 10.2 Å². The van der Waals surface area contributed by atoms with E-state index in [0.29, 0.717) is 35.7 Å². The molecule has 1 aromatic heterocycles. The fourth-order valence-electron chi connectivity index (χ4n) is 5.28. The van der Waals surface area contributed by atoms with E-state index in [0.717, 1.165) is 56.0 Å². The number of alkyl halides is 3. The SMILES string of the molecule is [Li+].[N-]=CC(Br)=[C-]N=C(C=[C-]NCc1cccnc1)C1CCCC(CC2CCC(C(F)(F)F)CC2)CC1. The number of nitrogens with one attached hydrogen (secondary N) is 1. The maximum Gasteiger partial charge on any atom is 1.00 e. The number of aliphatic imine (C=N–C) groups is 1. The second-order valence-electron chi connectivity index (χ2n) is 9.70. The molecule has 0 amide bonds. The number of pyridine rings is 1. The fraction of sp³-hybridized carbons (Fsp3) is 0.593. The summed E-state index contributed by atoms with van der Waals surface area (Å²) >= 11 is 3.20. The van der Waals surface area contributed by atoms with Gasteiger partial charge in [-0.3, -0.25) is 11.2 Å². The van der Waals surface area contributed by atoms with Crippen LogP contribution in [0.1, 0.15) is 69.8 Å². The summed E-state index contributed by atoms with van der Waals surface area (Å²) in [7, 11) is 0. The molecule has 2 aliphatic rings. The number of rotatable bonds is 9. The van der Waals surface area contributed by atoms with Crippen LogP contribution in [-0.2, 0) is 6.54 Å². The van der Waals surface area contributed by atoms with Crippen molar-refractivity contribution in [1.29, 1.82) is 0 Å². The molecule has 2 saturated carbocycles. The van der Waals surface area contributed by atoms with Crippen molar-refractivity contribution in [3.8, 4) is 0 Å². The third-order valence-electron chi connectivity index (χ3n) is 7.23. The quantitative estimate of drug-likeness (QED) is 0.159. The van der Waals surface area contributed by atoms with Crippen molar-refractivity contribution in [3.05, 3.63) is 58.5 Å². The third kappa shape index (κ3) is 10.6. The van der Waals surface area contributed by atoms with Crippen molar-refractivity contribution >= 4 is 27.9 Å². The van der Waals surface area contributed by atoms with Gasteiger partial charge >= 0.3 is 25.0 Å². The Morgan fingerprint density at radius 3 is 2.53 bits per heavy atom. The molecule has 2 fully saturated rings. The van der Waals surface area contributed by atoms with Crippen molar-refractivity contribution in [2.75, 3.05) is 0 Å². The average Bonchev–Trinajstić information content (AvgIpc) is 3.09. The summed E-state index contributed by atoms with van der Waals surface area (Å²) in [4.78, 5) is 8.60.